The van der Waals surface area contributed by atoms with Crippen LogP contribution in [-0.2, 0) is 14.3 Å². The number of carboxylic acids is 1. The molecule has 0 radical (unpaired) electrons. The smallest absolute Gasteiger partial charge is 0.324 e. The van der Waals surface area contributed by atoms with Crippen LogP contribution in [0.1, 0.15) is 12.5 Å². The highest BCUT2D eigenvalue weighted by atomic mass is 35.5. The van der Waals surface area contributed by atoms with Crippen molar-refractivity contribution >= 4 is 45.9 Å². The van der Waals surface area contributed by atoms with Crippen LogP contribution in [0.5, 0.6) is 0 Å². The Kier molecular flexibility index (Phi) is 5.68. The molecule has 1 atom stereocenters. The number of carboxylic acid groups (broad SMARTS) is 1. The third kappa shape index (κ3) is 3.86. The lowest BCUT2D eigenvalue weighted by atomic mass is 9.97. The molecule has 0 aliphatic rings. The van der Waals surface area contributed by atoms with Gasteiger partial charge in [-0.25, -0.2) is 0 Å². The van der Waals surface area contributed by atoms with Gasteiger partial charge in [-0.1, -0.05) is 65.8 Å². The first-order valence-electron chi connectivity index (χ1n) is 6.74. The number of carbonyl (C=O) groups is 1. The Balaban J connectivity index is 2.38. The van der Waals surface area contributed by atoms with Crippen LogP contribution in [-0.4, -0.2) is 22.6 Å². The predicted molar refractivity (Wildman–Crippen MR) is 99.1 cm³/mol. The molecule has 2 aromatic rings. The van der Waals surface area contributed by atoms with Crippen molar-refractivity contribution in [2.24, 2.45) is 0 Å². The topological polar surface area (TPSA) is 46.5 Å². The van der Waals surface area contributed by atoms with Crippen molar-refractivity contribution in [3.8, 4) is 11.1 Å². The molecule has 0 aromatic heterocycles. The Morgan fingerprint density at radius 2 is 1.83 bits per heavy atom. The lowest BCUT2D eigenvalue weighted by molar-refractivity contribution is -0.139. The summed E-state index contributed by atoms with van der Waals surface area (Å²) in [7, 11) is 1.43. The van der Waals surface area contributed by atoms with Crippen molar-refractivity contribution in [1.29, 1.82) is 0 Å². The molecule has 0 fully saturated rings. The average Bonchev–Trinajstić information content (AvgIpc) is 2.55. The molecule has 0 heterocycles. The lowest BCUT2D eigenvalue weighted by Crippen LogP contribution is -2.30. The van der Waals surface area contributed by atoms with Crippen molar-refractivity contribution in [3.05, 3.63) is 59.1 Å². The molecule has 0 amide bonds. The highest BCUT2D eigenvalue weighted by molar-refractivity contribution is 8.23. The Morgan fingerprint density at radius 3 is 2.35 bits per heavy atom. The highest BCUT2D eigenvalue weighted by Crippen LogP contribution is 2.39. The summed E-state index contributed by atoms with van der Waals surface area (Å²) in [5.74, 6) is -0.979. The number of rotatable bonds is 4. The minimum atomic E-state index is -1.22. The van der Waals surface area contributed by atoms with Gasteiger partial charge < -0.3 is 9.84 Å². The van der Waals surface area contributed by atoms with E-state index in [1.165, 1.54) is 7.11 Å². The van der Waals surface area contributed by atoms with E-state index in [0.29, 0.717) is 10.6 Å². The van der Waals surface area contributed by atoms with Gasteiger partial charge in [-0.05, 0) is 36.3 Å². The summed E-state index contributed by atoms with van der Waals surface area (Å²) in [5.41, 5.74) is 2.45. The number of methoxy groups -OCH3 is 1. The van der Waals surface area contributed by atoms with Gasteiger partial charge >= 0.3 is 5.97 Å². The van der Waals surface area contributed by atoms with Crippen LogP contribution in [0.2, 0.25) is 5.02 Å². The Morgan fingerprint density at radius 1 is 1.22 bits per heavy atom. The summed E-state index contributed by atoms with van der Waals surface area (Å²) in [6.45, 7) is 1.61. The van der Waals surface area contributed by atoms with Gasteiger partial charge in [0, 0.05) is 10.6 Å². The zero-order valence-electron chi connectivity index (χ0n) is 12.6. The van der Waals surface area contributed by atoms with Crippen molar-refractivity contribution in [3.63, 3.8) is 0 Å². The molecule has 3 nitrogen and oxygen atoms in total. The summed E-state index contributed by atoms with van der Waals surface area (Å²) in [4.78, 5) is 11.7. The third-order valence-electron chi connectivity index (χ3n) is 3.48. The Bertz CT molecular complexity index is 731. The van der Waals surface area contributed by atoms with Crippen molar-refractivity contribution in [1.82, 2.24) is 0 Å². The molecule has 0 spiro atoms. The van der Waals surface area contributed by atoms with Gasteiger partial charge in [0.25, 0.3) is 0 Å². The van der Waals surface area contributed by atoms with Crippen LogP contribution in [0.25, 0.3) is 11.1 Å². The summed E-state index contributed by atoms with van der Waals surface area (Å²) < 4.78 is 3.91. The number of benzene rings is 2. The first-order chi connectivity index (χ1) is 10.9. The van der Waals surface area contributed by atoms with E-state index in [-0.39, 0.29) is 4.38 Å². The average molecular weight is 367 g/mol. The van der Waals surface area contributed by atoms with Crippen LogP contribution in [0.15, 0.2) is 48.5 Å². The molecule has 1 unspecified atom stereocenters. The Hall–Kier alpha value is -1.56. The lowest BCUT2D eigenvalue weighted by Gasteiger charge is -2.24. The van der Waals surface area contributed by atoms with Gasteiger partial charge in [0.15, 0.2) is 0 Å². The van der Waals surface area contributed by atoms with Gasteiger partial charge in [0.2, 0.25) is 4.38 Å². The summed E-state index contributed by atoms with van der Waals surface area (Å²) >= 11 is 12.2. The second-order valence-corrected chi connectivity index (χ2v) is 7.38. The van der Waals surface area contributed by atoms with Gasteiger partial charge in [-0.15, -0.1) is 0 Å². The fraction of sp³-hybridized carbons (Fsp3) is 0.176. The zero-order chi connectivity index (χ0) is 17.0. The minimum absolute atomic E-state index is 0.185. The molecule has 6 heteroatoms. The fourth-order valence-corrected chi connectivity index (χ4v) is 3.60. The largest absolute Gasteiger partial charge is 0.482 e. The van der Waals surface area contributed by atoms with Gasteiger partial charge in [-0.3, -0.25) is 4.79 Å². The number of thiocarbonyl (C=S) groups is 1. The molecular formula is C17H15ClO3S2. The Labute approximate surface area is 149 Å². The molecule has 0 saturated carbocycles. The zero-order valence-corrected chi connectivity index (χ0v) is 15.0. The van der Waals surface area contributed by atoms with Crippen LogP contribution < -0.4 is 0 Å². The molecule has 0 aliphatic heterocycles. The predicted octanol–water partition coefficient (Wildman–Crippen LogP) is 4.97. The fourth-order valence-electron chi connectivity index (χ4n) is 2.10. The van der Waals surface area contributed by atoms with Gasteiger partial charge in [-0.2, -0.15) is 0 Å². The standard InChI is InChI=1S/C17H15ClO3S2/c1-17(15(19)20,23-16(22)21-2)12-9-7-11(8-10-12)13-5-3-4-6-14(13)18/h3-10H,1-2H3,(H,19,20). The van der Waals surface area contributed by atoms with Gasteiger partial charge in [0.1, 0.15) is 4.75 Å². The van der Waals surface area contributed by atoms with Crippen molar-refractivity contribution in [2.45, 2.75) is 11.7 Å². The maximum Gasteiger partial charge on any atom is 0.324 e. The molecule has 0 saturated heterocycles. The van der Waals surface area contributed by atoms with Crippen molar-refractivity contribution < 1.29 is 14.6 Å². The number of thioether (sulfide) groups is 1. The quantitative estimate of drug-likeness (QED) is 0.774. The molecule has 1 N–H and O–H groups in total. The number of hydrogen-bond acceptors (Lipinski definition) is 4. The van der Waals surface area contributed by atoms with E-state index in [2.05, 4.69) is 0 Å². The molecule has 23 heavy (non-hydrogen) atoms. The second-order valence-electron chi connectivity index (χ2n) is 4.95. The second kappa shape index (κ2) is 7.34. The van der Waals surface area contributed by atoms with Crippen LogP contribution in [0.3, 0.4) is 0 Å². The molecule has 0 bridgehead atoms. The maximum absolute atomic E-state index is 11.7. The number of hydrogen-bond donors (Lipinski definition) is 1. The van der Waals surface area contributed by atoms with E-state index >= 15 is 0 Å². The van der Waals surface area contributed by atoms with Crippen LogP contribution in [0.4, 0.5) is 0 Å². The van der Waals surface area contributed by atoms with E-state index in [4.69, 9.17) is 28.6 Å². The molecular weight excluding hydrogens is 352 g/mol. The monoisotopic (exact) mass is 366 g/mol. The van der Waals surface area contributed by atoms with E-state index in [1.807, 2.05) is 36.4 Å². The third-order valence-corrected chi connectivity index (χ3v) is 5.38. The normalized spacial score (nSPS) is 13.2. The first kappa shape index (κ1) is 17.8. The SMILES string of the molecule is COC(=S)SC(C)(C(=O)O)c1ccc(-c2ccccc2Cl)cc1. The van der Waals surface area contributed by atoms with Crippen molar-refractivity contribution in [2.75, 3.05) is 7.11 Å². The van der Waals surface area contributed by atoms with E-state index in [0.717, 1.165) is 22.9 Å². The van der Waals surface area contributed by atoms with E-state index in [9.17, 15) is 9.90 Å². The van der Waals surface area contributed by atoms with Crippen LogP contribution >= 0.6 is 35.6 Å². The highest BCUT2D eigenvalue weighted by Gasteiger charge is 2.38. The summed E-state index contributed by atoms with van der Waals surface area (Å²) in [5, 5.41) is 10.3. The number of ether oxygens (including phenoxy) is 1. The minimum Gasteiger partial charge on any atom is -0.482 e. The number of halogens is 1. The summed E-state index contributed by atoms with van der Waals surface area (Å²) in [6.07, 6.45) is 0. The summed E-state index contributed by atoms with van der Waals surface area (Å²) in [6, 6.07) is 14.8. The van der Waals surface area contributed by atoms with Crippen LogP contribution in [0, 0.1) is 0 Å². The molecule has 0 aliphatic carbocycles. The maximum atomic E-state index is 11.7. The van der Waals surface area contributed by atoms with E-state index in [1.54, 1.807) is 19.1 Å². The van der Waals surface area contributed by atoms with E-state index < -0.39 is 10.7 Å². The molecule has 2 aromatic carbocycles. The molecule has 2 rings (SSSR count). The first-order valence-corrected chi connectivity index (χ1v) is 8.34. The number of aliphatic carboxylic acids is 1. The van der Waals surface area contributed by atoms with Gasteiger partial charge in [0.05, 0.1) is 7.11 Å². The molecule has 120 valence electrons.